The zero-order valence-electron chi connectivity index (χ0n) is 36.6. The number of rotatable bonds is 8. The molecule has 1 unspecified atom stereocenters. The Morgan fingerprint density at radius 3 is 1.43 bits per heavy atom. The highest BCUT2D eigenvalue weighted by Crippen LogP contribution is 2.60. The van der Waals surface area contributed by atoms with Crippen molar-refractivity contribution in [2.75, 3.05) is 4.90 Å². The Bertz CT molecular complexity index is 3370. The molecule has 308 valence electrons. The van der Waals surface area contributed by atoms with Crippen LogP contribution in [0.1, 0.15) is 47.2 Å². The molecule has 0 aliphatic heterocycles. The van der Waals surface area contributed by atoms with Gasteiger partial charge in [0, 0.05) is 22.4 Å². The van der Waals surface area contributed by atoms with E-state index in [1.54, 1.807) is 0 Å². The predicted molar refractivity (Wildman–Crippen MR) is 272 cm³/mol. The highest BCUT2D eigenvalue weighted by molar-refractivity contribution is 5.98. The van der Waals surface area contributed by atoms with Crippen molar-refractivity contribution in [3.8, 4) is 55.6 Å². The van der Waals surface area contributed by atoms with Crippen molar-refractivity contribution in [1.29, 1.82) is 0 Å². The van der Waals surface area contributed by atoms with Gasteiger partial charge >= 0.3 is 0 Å². The van der Waals surface area contributed by atoms with Gasteiger partial charge in [-0.25, -0.2) is 0 Å². The van der Waals surface area contributed by atoms with Gasteiger partial charge in [0.2, 0.25) is 0 Å². The van der Waals surface area contributed by atoms with Crippen LogP contribution in [0.5, 0.6) is 0 Å². The lowest BCUT2D eigenvalue weighted by Crippen LogP contribution is -2.29. The van der Waals surface area contributed by atoms with Crippen molar-refractivity contribution in [1.82, 2.24) is 0 Å². The molecule has 0 bridgehead atoms. The van der Waals surface area contributed by atoms with Gasteiger partial charge < -0.3 is 4.90 Å². The van der Waals surface area contributed by atoms with Gasteiger partial charge in [-0.05, 0) is 114 Å². The fourth-order valence-corrected chi connectivity index (χ4v) is 11.2. The monoisotopic (exact) mass is 829 g/mol. The molecule has 0 saturated carbocycles. The molecule has 0 N–H and O–H groups in total. The molecule has 0 heterocycles. The van der Waals surface area contributed by atoms with Gasteiger partial charge in [-0.15, -0.1) is 0 Å². The van der Waals surface area contributed by atoms with E-state index < -0.39 is 5.41 Å². The van der Waals surface area contributed by atoms with Crippen LogP contribution < -0.4 is 4.90 Å². The van der Waals surface area contributed by atoms with E-state index in [0.29, 0.717) is 0 Å². The largest absolute Gasteiger partial charge is 0.310 e. The summed E-state index contributed by atoms with van der Waals surface area (Å²) in [6.45, 7) is 4.75. The van der Waals surface area contributed by atoms with Gasteiger partial charge in [0.15, 0.2) is 0 Å². The summed E-state index contributed by atoms with van der Waals surface area (Å²) in [4.78, 5) is 2.51. The Morgan fingerprint density at radius 2 is 0.754 bits per heavy atom. The van der Waals surface area contributed by atoms with E-state index in [9.17, 15) is 0 Å². The smallest absolute Gasteiger partial charge is 0.0714 e. The number of fused-ring (bicyclic) bond motifs is 6. The van der Waals surface area contributed by atoms with E-state index in [1.807, 2.05) is 0 Å². The zero-order chi connectivity index (χ0) is 43.5. The second kappa shape index (κ2) is 15.4. The van der Waals surface area contributed by atoms with E-state index >= 15 is 0 Å². The van der Waals surface area contributed by atoms with Crippen LogP contribution in [-0.2, 0) is 10.8 Å². The van der Waals surface area contributed by atoms with Gasteiger partial charge in [-0.2, -0.15) is 0 Å². The number of para-hydroxylation sites is 1. The number of nitrogens with zero attached hydrogens (tertiary/aromatic N) is 1. The quantitative estimate of drug-likeness (QED) is 0.147. The van der Waals surface area contributed by atoms with Gasteiger partial charge in [0.1, 0.15) is 0 Å². The first-order valence-electron chi connectivity index (χ1n) is 22.8. The number of hydrogen-bond donors (Lipinski definition) is 0. The summed E-state index contributed by atoms with van der Waals surface area (Å²) < 4.78 is 0. The number of anilines is 3. The maximum absolute atomic E-state index is 2.51. The fourth-order valence-electron chi connectivity index (χ4n) is 11.2. The number of hydrogen-bond acceptors (Lipinski definition) is 1. The Kier molecular flexibility index (Phi) is 9.14. The molecule has 0 aromatic heterocycles. The van der Waals surface area contributed by atoms with E-state index in [4.69, 9.17) is 0 Å². The second-order valence-electron chi connectivity index (χ2n) is 18.0. The van der Waals surface area contributed by atoms with Crippen molar-refractivity contribution in [2.24, 2.45) is 0 Å². The van der Waals surface area contributed by atoms with E-state index in [2.05, 4.69) is 267 Å². The molecule has 0 radical (unpaired) electrons. The van der Waals surface area contributed by atoms with Crippen LogP contribution in [0.15, 0.2) is 249 Å². The van der Waals surface area contributed by atoms with E-state index in [0.717, 1.165) is 17.1 Å². The molecule has 0 fully saturated rings. The molecule has 0 spiro atoms. The number of benzene rings is 10. The van der Waals surface area contributed by atoms with Crippen LogP contribution in [-0.4, -0.2) is 0 Å². The summed E-state index contributed by atoms with van der Waals surface area (Å²) in [6.07, 6.45) is 0. The van der Waals surface area contributed by atoms with Crippen LogP contribution in [0.4, 0.5) is 17.1 Å². The third-order valence-electron chi connectivity index (χ3n) is 14.2. The van der Waals surface area contributed by atoms with Crippen LogP contribution in [0.25, 0.3) is 55.6 Å². The Balaban J connectivity index is 1.15. The lowest BCUT2D eigenvalue weighted by molar-refractivity contribution is 0.660. The van der Waals surface area contributed by atoms with Crippen molar-refractivity contribution in [3.63, 3.8) is 0 Å². The zero-order valence-corrected chi connectivity index (χ0v) is 36.6. The molecule has 10 aromatic rings. The average Bonchev–Trinajstić information content (AvgIpc) is 3.80. The standard InChI is InChI=1S/C64H47N/c1-63(2)57-31-17-15-29-54(57)55-40-38-50(42-59(55)63)65(61-33-18-16-28-52(61)46-22-9-4-10-23-46)51-39-41-56-60(43-51)64(48-26-13-6-14-27-48,49-36-34-45(35-37-49)44-20-7-3-8-21-44)58-32-19-30-53(62(56)58)47-24-11-5-12-25-47/h3-43H,1-2H3. The fraction of sp³-hybridized carbons (Fsp3) is 0.0625. The maximum atomic E-state index is 2.51. The summed E-state index contributed by atoms with van der Waals surface area (Å²) in [5.74, 6) is 0. The molecular formula is C64H47N. The van der Waals surface area contributed by atoms with E-state index in [1.165, 1.54) is 89.0 Å². The molecule has 1 nitrogen and oxygen atoms in total. The Labute approximate surface area is 382 Å². The van der Waals surface area contributed by atoms with Crippen LogP contribution in [0.3, 0.4) is 0 Å². The first-order chi connectivity index (χ1) is 32.0. The molecule has 2 aliphatic carbocycles. The second-order valence-corrected chi connectivity index (χ2v) is 18.0. The lowest BCUT2D eigenvalue weighted by Gasteiger charge is -2.35. The summed E-state index contributed by atoms with van der Waals surface area (Å²) >= 11 is 0. The minimum atomic E-state index is -0.631. The summed E-state index contributed by atoms with van der Waals surface area (Å²) in [5.41, 5.74) is 22.7. The van der Waals surface area contributed by atoms with Crippen molar-refractivity contribution in [2.45, 2.75) is 24.7 Å². The lowest BCUT2D eigenvalue weighted by atomic mass is 9.67. The normalized spacial score (nSPS) is 15.1. The molecule has 0 saturated heterocycles. The molecule has 1 heteroatoms. The van der Waals surface area contributed by atoms with Crippen LogP contribution >= 0.6 is 0 Å². The predicted octanol–water partition coefficient (Wildman–Crippen LogP) is 16.8. The third-order valence-corrected chi connectivity index (χ3v) is 14.2. The maximum Gasteiger partial charge on any atom is 0.0714 e. The molecule has 65 heavy (non-hydrogen) atoms. The molecule has 10 aromatic carbocycles. The Morgan fingerprint density at radius 1 is 0.292 bits per heavy atom. The molecular weight excluding hydrogens is 783 g/mol. The molecule has 0 amide bonds. The van der Waals surface area contributed by atoms with Gasteiger partial charge in [-0.1, -0.05) is 232 Å². The minimum absolute atomic E-state index is 0.158. The topological polar surface area (TPSA) is 3.24 Å². The van der Waals surface area contributed by atoms with Crippen LogP contribution in [0.2, 0.25) is 0 Å². The van der Waals surface area contributed by atoms with Gasteiger partial charge in [0.25, 0.3) is 0 Å². The molecule has 2 aliphatic rings. The van der Waals surface area contributed by atoms with Crippen molar-refractivity contribution in [3.05, 3.63) is 282 Å². The third kappa shape index (κ3) is 6.07. The van der Waals surface area contributed by atoms with Crippen molar-refractivity contribution >= 4 is 17.1 Å². The minimum Gasteiger partial charge on any atom is -0.310 e. The van der Waals surface area contributed by atoms with Gasteiger partial charge in [-0.3, -0.25) is 0 Å². The average molecular weight is 830 g/mol. The summed E-state index contributed by atoms with van der Waals surface area (Å²) in [5, 5.41) is 0. The van der Waals surface area contributed by atoms with E-state index in [-0.39, 0.29) is 5.41 Å². The molecule has 1 atom stereocenters. The SMILES string of the molecule is CC1(C)c2ccccc2-c2ccc(N(c3ccc4c(c3)C(c3ccccc3)(c3ccc(-c5ccccc5)cc3)c3cccc(-c5ccccc5)c3-4)c3ccccc3-c3ccccc3)cc21. The molecule has 12 rings (SSSR count). The first kappa shape index (κ1) is 38.7. The first-order valence-corrected chi connectivity index (χ1v) is 22.8. The van der Waals surface area contributed by atoms with Gasteiger partial charge in [0.05, 0.1) is 11.1 Å². The highest BCUT2D eigenvalue weighted by atomic mass is 15.1. The van der Waals surface area contributed by atoms with Crippen molar-refractivity contribution < 1.29 is 0 Å². The van der Waals surface area contributed by atoms with Crippen LogP contribution in [0, 0.1) is 0 Å². The summed E-state index contributed by atoms with van der Waals surface area (Å²) in [7, 11) is 0. The summed E-state index contributed by atoms with van der Waals surface area (Å²) in [6, 6.07) is 92.2. The Hall–Kier alpha value is -8.00. The highest BCUT2D eigenvalue weighted by Gasteiger charge is 2.47.